The topological polar surface area (TPSA) is 29.1 Å². The van der Waals surface area contributed by atoms with Crippen molar-refractivity contribution < 1.29 is 4.79 Å². The normalized spacial score (nSPS) is 10.6. The molecule has 1 N–H and O–H groups in total. The molecule has 1 amide bonds. The maximum Gasteiger partial charge on any atom is 0.222 e. The Balaban J connectivity index is 2.46. The van der Waals surface area contributed by atoms with Crippen LogP contribution in [0.2, 0.25) is 0 Å². The lowest BCUT2D eigenvalue weighted by Crippen LogP contribution is -2.29. The van der Waals surface area contributed by atoms with Gasteiger partial charge in [-0.3, -0.25) is 4.79 Å². The van der Waals surface area contributed by atoms with E-state index in [0.717, 1.165) is 13.0 Å². The lowest BCUT2D eigenvalue weighted by molar-refractivity contribution is -0.123. The molecule has 0 aliphatic carbocycles. The predicted octanol–water partition coefficient (Wildman–Crippen LogP) is 2.62. The molecule has 1 rings (SSSR count). The monoisotopic (exact) mass is 219 g/mol. The number of nitrogens with one attached hydrogen (secondary N) is 1. The summed E-state index contributed by atoms with van der Waals surface area (Å²) < 4.78 is 0. The summed E-state index contributed by atoms with van der Waals surface area (Å²) in [5.74, 6) is 0.198. The quantitative estimate of drug-likeness (QED) is 0.828. The van der Waals surface area contributed by atoms with Gasteiger partial charge in [0.2, 0.25) is 5.91 Å². The van der Waals surface area contributed by atoms with E-state index in [4.69, 9.17) is 0 Å². The van der Waals surface area contributed by atoms with Crippen LogP contribution >= 0.6 is 0 Å². The molecule has 0 aliphatic rings. The molecule has 2 heteroatoms. The van der Waals surface area contributed by atoms with E-state index in [-0.39, 0.29) is 11.8 Å². The standard InChI is InChI=1S/C14H21NO/c1-10(2)14(16)15-8-7-13-6-5-11(3)9-12(13)4/h5-6,9-10H,7-8H2,1-4H3,(H,15,16). The van der Waals surface area contributed by atoms with Crippen molar-refractivity contribution in [3.05, 3.63) is 34.9 Å². The molecule has 0 unspecified atom stereocenters. The SMILES string of the molecule is Cc1ccc(CCNC(=O)C(C)C)c(C)c1. The highest BCUT2D eigenvalue weighted by Crippen LogP contribution is 2.10. The summed E-state index contributed by atoms with van der Waals surface area (Å²) in [5, 5.41) is 2.93. The molecule has 0 saturated heterocycles. The van der Waals surface area contributed by atoms with Gasteiger partial charge in [0.1, 0.15) is 0 Å². The van der Waals surface area contributed by atoms with Crippen molar-refractivity contribution in [3.8, 4) is 0 Å². The lowest BCUT2D eigenvalue weighted by atomic mass is 10.0. The predicted molar refractivity (Wildman–Crippen MR) is 67.5 cm³/mol. The van der Waals surface area contributed by atoms with Gasteiger partial charge in [-0.15, -0.1) is 0 Å². The van der Waals surface area contributed by atoms with E-state index in [0.29, 0.717) is 0 Å². The molecule has 0 aromatic heterocycles. The zero-order valence-corrected chi connectivity index (χ0v) is 10.6. The van der Waals surface area contributed by atoms with Gasteiger partial charge >= 0.3 is 0 Å². The van der Waals surface area contributed by atoms with E-state index in [2.05, 4.69) is 37.4 Å². The van der Waals surface area contributed by atoms with Gasteiger partial charge in [0.05, 0.1) is 0 Å². The number of hydrogen-bond acceptors (Lipinski definition) is 1. The number of rotatable bonds is 4. The lowest BCUT2D eigenvalue weighted by Gasteiger charge is -2.09. The zero-order valence-electron chi connectivity index (χ0n) is 10.6. The van der Waals surface area contributed by atoms with E-state index < -0.39 is 0 Å². The first-order chi connectivity index (χ1) is 7.50. The van der Waals surface area contributed by atoms with E-state index in [9.17, 15) is 4.79 Å². The summed E-state index contributed by atoms with van der Waals surface area (Å²) in [6, 6.07) is 6.44. The van der Waals surface area contributed by atoms with Crippen molar-refractivity contribution in [2.24, 2.45) is 5.92 Å². The second-order valence-corrected chi connectivity index (χ2v) is 4.63. The molecule has 0 saturated carbocycles. The van der Waals surface area contributed by atoms with Crippen LogP contribution in [0.25, 0.3) is 0 Å². The molecule has 16 heavy (non-hydrogen) atoms. The van der Waals surface area contributed by atoms with Crippen LogP contribution < -0.4 is 5.32 Å². The van der Waals surface area contributed by atoms with Gasteiger partial charge in [-0.2, -0.15) is 0 Å². The highest BCUT2D eigenvalue weighted by Gasteiger charge is 2.05. The molecule has 0 spiro atoms. The van der Waals surface area contributed by atoms with Crippen LogP contribution in [0.4, 0.5) is 0 Å². The molecule has 0 heterocycles. The van der Waals surface area contributed by atoms with Gasteiger partial charge in [0, 0.05) is 12.5 Å². The second kappa shape index (κ2) is 5.69. The molecule has 0 atom stereocenters. The maximum atomic E-state index is 11.4. The average molecular weight is 219 g/mol. The third kappa shape index (κ3) is 3.69. The Hall–Kier alpha value is -1.31. The fourth-order valence-corrected chi connectivity index (χ4v) is 1.65. The fraction of sp³-hybridized carbons (Fsp3) is 0.500. The van der Waals surface area contributed by atoms with Crippen molar-refractivity contribution >= 4 is 5.91 Å². The number of benzene rings is 1. The van der Waals surface area contributed by atoms with Gasteiger partial charge in [-0.25, -0.2) is 0 Å². The number of amides is 1. The minimum absolute atomic E-state index is 0.0686. The summed E-state index contributed by atoms with van der Waals surface area (Å²) >= 11 is 0. The highest BCUT2D eigenvalue weighted by atomic mass is 16.1. The molecule has 0 fully saturated rings. The summed E-state index contributed by atoms with van der Waals surface area (Å²) in [5.41, 5.74) is 3.90. The van der Waals surface area contributed by atoms with Crippen LogP contribution in [-0.4, -0.2) is 12.5 Å². The van der Waals surface area contributed by atoms with Crippen LogP contribution in [0.1, 0.15) is 30.5 Å². The van der Waals surface area contributed by atoms with E-state index in [1.807, 2.05) is 13.8 Å². The molecule has 2 nitrogen and oxygen atoms in total. The van der Waals surface area contributed by atoms with Gasteiger partial charge < -0.3 is 5.32 Å². The number of aryl methyl sites for hydroxylation is 2. The molecule has 1 aromatic carbocycles. The van der Waals surface area contributed by atoms with E-state index in [1.165, 1.54) is 16.7 Å². The Morgan fingerprint density at radius 3 is 2.56 bits per heavy atom. The van der Waals surface area contributed by atoms with Crippen LogP contribution in [0.3, 0.4) is 0 Å². The van der Waals surface area contributed by atoms with Crippen molar-refractivity contribution in [1.29, 1.82) is 0 Å². The Morgan fingerprint density at radius 1 is 1.31 bits per heavy atom. The first-order valence-corrected chi connectivity index (χ1v) is 5.84. The third-order valence-corrected chi connectivity index (χ3v) is 2.72. The first-order valence-electron chi connectivity index (χ1n) is 5.84. The van der Waals surface area contributed by atoms with E-state index in [1.54, 1.807) is 0 Å². The molecule has 0 radical (unpaired) electrons. The number of carbonyl (C=O) groups excluding carboxylic acids is 1. The smallest absolute Gasteiger partial charge is 0.222 e. The largest absolute Gasteiger partial charge is 0.356 e. The van der Waals surface area contributed by atoms with Gasteiger partial charge in [0.15, 0.2) is 0 Å². The highest BCUT2D eigenvalue weighted by molar-refractivity contribution is 5.77. The average Bonchev–Trinajstić information content (AvgIpc) is 2.20. The Bertz CT molecular complexity index is 369. The van der Waals surface area contributed by atoms with E-state index >= 15 is 0 Å². The van der Waals surface area contributed by atoms with Crippen LogP contribution in [0.15, 0.2) is 18.2 Å². The Morgan fingerprint density at radius 2 is 2.00 bits per heavy atom. The number of carbonyl (C=O) groups is 1. The maximum absolute atomic E-state index is 11.4. The van der Waals surface area contributed by atoms with Crippen LogP contribution in [0.5, 0.6) is 0 Å². The molecular formula is C14H21NO. The summed E-state index contributed by atoms with van der Waals surface area (Å²) in [7, 11) is 0. The van der Waals surface area contributed by atoms with Crippen LogP contribution in [-0.2, 0) is 11.2 Å². The van der Waals surface area contributed by atoms with Gasteiger partial charge in [-0.05, 0) is 31.4 Å². The third-order valence-electron chi connectivity index (χ3n) is 2.72. The Labute approximate surface area is 98.1 Å². The van der Waals surface area contributed by atoms with Crippen molar-refractivity contribution in [3.63, 3.8) is 0 Å². The minimum atomic E-state index is 0.0686. The molecule has 0 aliphatic heterocycles. The minimum Gasteiger partial charge on any atom is -0.356 e. The fourth-order valence-electron chi connectivity index (χ4n) is 1.65. The molecule has 88 valence electrons. The van der Waals surface area contributed by atoms with Gasteiger partial charge in [-0.1, -0.05) is 37.6 Å². The first kappa shape index (κ1) is 12.8. The number of hydrogen-bond donors (Lipinski definition) is 1. The summed E-state index contributed by atoms with van der Waals surface area (Å²) in [6.07, 6.45) is 0.907. The van der Waals surface area contributed by atoms with Crippen molar-refractivity contribution in [2.45, 2.75) is 34.1 Å². The van der Waals surface area contributed by atoms with Crippen molar-refractivity contribution in [2.75, 3.05) is 6.54 Å². The zero-order chi connectivity index (χ0) is 12.1. The molecule has 0 bridgehead atoms. The summed E-state index contributed by atoms with van der Waals surface area (Å²) in [4.78, 5) is 11.4. The van der Waals surface area contributed by atoms with Crippen LogP contribution in [0, 0.1) is 19.8 Å². The Kier molecular flexibility index (Phi) is 4.53. The van der Waals surface area contributed by atoms with Gasteiger partial charge in [0.25, 0.3) is 0 Å². The molecule has 1 aromatic rings. The molecular weight excluding hydrogens is 198 g/mol. The van der Waals surface area contributed by atoms with Crippen molar-refractivity contribution in [1.82, 2.24) is 5.32 Å². The summed E-state index contributed by atoms with van der Waals surface area (Å²) in [6.45, 7) is 8.75. The second-order valence-electron chi connectivity index (χ2n) is 4.63.